The number of unbranched alkanes of at least 4 members (excludes halogenated alkanes) is 18. The lowest BCUT2D eigenvalue weighted by Crippen LogP contribution is -2.61. The van der Waals surface area contributed by atoms with Crippen molar-refractivity contribution in [1.82, 2.24) is 0 Å². The molecule has 0 aliphatic carbocycles. The number of carbonyl (C=O) groups excluding carboxylic acids is 3. The number of esters is 3. The number of ether oxygens (including phenoxy) is 5. The maximum absolute atomic E-state index is 13.1. The first-order valence-electron chi connectivity index (χ1n) is 26.9. The molecule has 0 aromatic rings. The Morgan fingerprint density at radius 2 is 0.942 bits per heavy atom. The topological polar surface area (TPSA) is 175 Å². The maximum Gasteiger partial charge on any atom is 0.335 e. The van der Waals surface area contributed by atoms with Gasteiger partial charge in [0.15, 0.2) is 24.6 Å². The largest absolute Gasteiger partial charge is 0.479 e. The maximum atomic E-state index is 13.1. The Hall–Kier alpha value is -3.84. The van der Waals surface area contributed by atoms with Crippen LogP contribution in [0.4, 0.5) is 0 Å². The van der Waals surface area contributed by atoms with Crippen LogP contribution in [0.1, 0.15) is 213 Å². The fraction of sp³-hybridized carbons (Fsp3) is 0.719. The second kappa shape index (κ2) is 45.3. The van der Waals surface area contributed by atoms with E-state index in [0.29, 0.717) is 19.3 Å². The molecule has 3 N–H and O–H groups in total. The first-order valence-corrected chi connectivity index (χ1v) is 26.9. The molecule has 0 spiro atoms. The molecular weight excluding hydrogens is 877 g/mol. The van der Waals surface area contributed by atoms with Crippen molar-refractivity contribution in [2.75, 3.05) is 13.2 Å². The smallest absolute Gasteiger partial charge is 0.335 e. The first-order chi connectivity index (χ1) is 33.6. The normalized spacial score (nSPS) is 19.2. The average molecular weight is 971 g/mol. The Morgan fingerprint density at radius 1 is 0.493 bits per heavy atom. The van der Waals surface area contributed by atoms with Crippen LogP contribution in [-0.4, -0.2) is 89.2 Å². The van der Waals surface area contributed by atoms with Crippen molar-refractivity contribution >= 4 is 23.9 Å². The Kier molecular flexibility index (Phi) is 41.5. The summed E-state index contributed by atoms with van der Waals surface area (Å²) in [5.74, 6) is -3.19. The molecule has 394 valence electrons. The lowest BCUT2D eigenvalue weighted by atomic mass is 9.98. The van der Waals surface area contributed by atoms with Gasteiger partial charge < -0.3 is 39.0 Å². The molecule has 0 saturated carbocycles. The van der Waals surface area contributed by atoms with Crippen molar-refractivity contribution in [3.63, 3.8) is 0 Å². The number of carboxylic acid groups (broad SMARTS) is 1. The van der Waals surface area contributed by atoms with Gasteiger partial charge in [0.25, 0.3) is 0 Å². The SMILES string of the molecule is CC/C=C\C/C=C\C/C=C\CCCCCC(=O)OC1C(OCC(COC(=O)CCCCCCC/C=C\C/C=C\CCC)OC(=O)CCCCCCC/C=C\CCCCCC)OC(C(=O)O)C(O)C1O. The Bertz CT molecular complexity index is 1480. The van der Waals surface area contributed by atoms with Gasteiger partial charge in [-0.2, -0.15) is 0 Å². The molecule has 1 saturated heterocycles. The summed E-state index contributed by atoms with van der Waals surface area (Å²) in [5, 5.41) is 31.3. The molecule has 1 aliphatic heterocycles. The van der Waals surface area contributed by atoms with E-state index in [2.05, 4.69) is 93.7 Å². The number of hydrogen-bond donors (Lipinski definition) is 3. The number of rotatable bonds is 44. The summed E-state index contributed by atoms with van der Waals surface area (Å²) < 4.78 is 28.3. The van der Waals surface area contributed by atoms with Crippen molar-refractivity contribution < 1.29 is 58.2 Å². The van der Waals surface area contributed by atoms with Gasteiger partial charge in [-0.05, 0) is 103 Å². The molecule has 1 fully saturated rings. The summed E-state index contributed by atoms with van der Waals surface area (Å²) in [4.78, 5) is 50.9. The van der Waals surface area contributed by atoms with E-state index >= 15 is 0 Å². The van der Waals surface area contributed by atoms with Gasteiger partial charge in [0.05, 0.1) is 6.61 Å². The van der Waals surface area contributed by atoms with Gasteiger partial charge >= 0.3 is 23.9 Å². The van der Waals surface area contributed by atoms with Crippen LogP contribution in [0.5, 0.6) is 0 Å². The van der Waals surface area contributed by atoms with E-state index in [4.69, 9.17) is 23.7 Å². The predicted molar refractivity (Wildman–Crippen MR) is 275 cm³/mol. The van der Waals surface area contributed by atoms with Gasteiger partial charge in [0.1, 0.15) is 18.8 Å². The zero-order valence-electron chi connectivity index (χ0n) is 43.0. The predicted octanol–water partition coefficient (Wildman–Crippen LogP) is 13.0. The molecule has 12 heteroatoms. The van der Waals surface area contributed by atoms with E-state index in [-0.39, 0.29) is 25.9 Å². The van der Waals surface area contributed by atoms with Crippen molar-refractivity contribution in [1.29, 1.82) is 0 Å². The minimum Gasteiger partial charge on any atom is -0.479 e. The van der Waals surface area contributed by atoms with Crippen molar-refractivity contribution in [2.45, 2.75) is 250 Å². The molecule has 69 heavy (non-hydrogen) atoms. The number of hydrogen-bond acceptors (Lipinski definition) is 11. The van der Waals surface area contributed by atoms with Gasteiger partial charge in [-0.3, -0.25) is 14.4 Å². The number of carbonyl (C=O) groups is 4. The van der Waals surface area contributed by atoms with Crippen LogP contribution in [0, 0.1) is 0 Å². The number of aliphatic carboxylic acids is 1. The Labute approximate surface area is 417 Å². The first kappa shape index (κ1) is 63.2. The lowest BCUT2D eigenvalue weighted by molar-refractivity contribution is -0.301. The summed E-state index contributed by atoms with van der Waals surface area (Å²) >= 11 is 0. The fourth-order valence-corrected chi connectivity index (χ4v) is 7.59. The molecule has 1 aliphatic rings. The zero-order chi connectivity index (χ0) is 50.4. The quantitative estimate of drug-likeness (QED) is 0.0228. The summed E-state index contributed by atoms with van der Waals surface area (Å²) in [5.41, 5.74) is 0. The second-order valence-corrected chi connectivity index (χ2v) is 18.1. The second-order valence-electron chi connectivity index (χ2n) is 18.1. The van der Waals surface area contributed by atoms with Gasteiger partial charge in [-0.15, -0.1) is 0 Å². The van der Waals surface area contributed by atoms with Gasteiger partial charge in [-0.25, -0.2) is 4.79 Å². The van der Waals surface area contributed by atoms with Gasteiger partial charge in [0, 0.05) is 19.3 Å². The minimum absolute atomic E-state index is 0.0210. The number of allylic oxidation sites excluding steroid dienone is 12. The third-order valence-corrected chi connectivity index (χ3v) is 11.7. The van der Waals surface area contributed by atoms with Crippen molar-refractivity contribution in [2.24, 2.45) is 0 Å². The third-order valence-electron chi connectivity index (χ3n) is 11.7. The number of aliphatic hydroxyl groups is 2. The highest BCUT2D eigenvalue weighted by atomic mass is 16.7. The fourth-order valence-electron chi connectivity index (χ4n) is 7.59. The lowest BCUT2D eigenvalue weighted by Gasteiger charge is -2.40. The van der Waals surface area contributed by atoms with E-state index in [1.165, 1.54) is 25.7 Å². The van der Waals surface area contributed by atoms with E-state index in [1.807, 2.05) is 0 Å². The number of aliphatic hydroxyl groups excluding tert-OH is 2. The molecule has 1 rings (SSSR count). The third kappa shape index (κ3) is 35.8. The molecule has 6 unspecified atom stereocenters. The summed E-state index contributed by atoms with van der Waals surface area (Å²) in [6.07, 6.45) is 43.2. The van der Waals surface area contributed by atoms with Crippen LogP contribution < -0.4 is 0 Å². The molecule has 0 amide bonds. The van der Waals surface area contributed by atoms with Crippen LogP contribution in [0.25, 0.3) is 0 Å². The summed E-state index contributed by atoms with van der Waals surface area (Å²) in [6.45, 7) is 5.74. The minimum atomic E-state index is -1.92. The average Bonchev–Trinajstić information content (AvgIpc) is 3.33. The highest BCUT2D eigenvalue weighted by Gasteiger charge is 2.50. The van der Waals surface area contributed by atoms with Crippen LogP contribution in [-0.2, 0) is 42.9 Å². The summed E-state index contributed by atoms with van der Waals surface area (Å²) in [7, 11) is 0. The van der Waals surface area contributed by atoms with Crippen molar-refractivity contribution in [3.8, 4) is 0 Å². The molecule has 12 nitrogen and oxygen atoms in total. The van der Waals surface area contributed by atoms with Crippen LogP contribution in [0.2, 0.25) is 0 Å². The standard InChI is InChI=1S/C57H94O12/c1-4-7-10-13-16-19-22-25-28-31-34-37-40-43-49(58)65-46-48(67-50(59)44-41-38-35-32-29-26-23-20-17-14-11-8-5-2)47-66-57-55(53(62)52(61)54(69-57)56(63)64)68-51(60)45-42-39-36-33-30-27-24-21-18-15-12-9-6-3/h9-10,12-13,18-23,27,30,48,52-55,57,61-62H,4-8,11,14-17,24-26,28-29,31-47H2,1-3H3,(H,63,64)/b12-9-,13-10-,21-18-,22-19-,23-20-,30-27-. The molecule has 1 heterocycles. The van der Waals surface area contributed by atoms with Crippen LogP contribution in [0.15, 0.2) is 72.9 Å². The van der Waals surface area contributed by atoms with E-state index < -0.39 is 67.3 Å². The van der Waals surface area contributed by atoms with E-state index in [9.17, 15) is 34.5 Å². The molecule has 0 aromatic carbocycles. The van der Waals surface area contributed by atoms with E-state index in [1.54, 1.807) is 0 Å². The van der Waals surface area contributed by atoms with Crippen LogP contribution in [0.3, 0.4) is 0 Å². The highest BCUT2D eigenvalue weighted by molar-refractivity contribution is 5.74. The Morgan fingerprint density at radius 3 is 1.48 bits per heavy atom. The van der Waals surface area contributed by atoms with E-state index in [0.717, 1.165) is 128 Å². The zero-order valence-corrected chi connectivity index (χ0v) is 43.0. The monoisotopic (exact) mass is 971 g/mol. The molecule has 0 radical (unpaired) electrons. The number of carboxylic acids is 1. The van der Waals surface area contributed by atoms with Gasteiger partial charge in [0.2, 0.25) is 0 Å². The van der Waals surface area contributed by atoms with Gasteiger partial charge in [-0.1, -0.05) is 164 Å². The molecular formula is C57H94O12. The molecule has 0 aromatic heterocycles. The molecule has 6 atom stereocenters. The highest BCUT2D eigenvalue weighted by Crippen LogP contribution is 2.26. The van der Waals surface area contributed by atoms with Crippen LogP contribution >= 0.6 is 0 Å². The Balaban J connectivity index is 2.76. The molecule has 0 bridgehead atoms. The van der Waals surface area contributed by atoms with Crippen molar-refractivity contribution in [3.05, 3.63) is 72.9 Å². The summed E-state index contributed by atoms with van der Waals surface area (Å²) in [6, 6.07) is 0.